The molecule has 0 unspecified atom stereocenters. The Kier molecular flexibility index (Phi) is 6.25. The van der Waals surface area contributed by atoms with E-state index in [1.165, 1.54) is 12.1 Å². The molecule has 5 rings (SSSR count). The number of hydrogen-bond acceptors (Lipinski definition) is 6. The molecular weight excluding hydrogens is 436 g/mol. The van der Waals surface area contributed by atoms with Crippen molar-refractivity contribution < 1.29 is 13.2 Å². The first-order valence-corrected chi connectivity index (χ1v) is 12.9. The smallest absolute Gasteiger partial charge is 0.228 e. The number of nitrogens with zero attached hydrogens (tertiary/aromatic N) is 2. The van der Waals surface area contributed by atoms with Crippen molar-refractivity contribution in [1.82, 2.24) is 10.6 Å². The molecule has 170 valence electrons. The molecule has 2 N–H and O–H groups in total. The molecule has 0 aromatic heterocycles. The summed E-state index contributed by atoms with van der Waals surface area (Å²) < 4.78 is 24.1. The van der Waals surface area contributed by atoms with Gasteiger partial charge >= 0.3 is 0 Å². The van der Waals surface area contributed by atoms with Crippen LogP contribution in [-0.2, 0) is 21.1 Å². The van der Waals surface area contributed by atoms with E-state index >= 15 is 0 Å². The first-order valence-electron chi connectivity index (χ1n) is 11.0. The van der Waals surface area contributed by atoms with Gasteiger partial charge in [-0.3, -0.25) is 4.79 Å². The second-order valence-corrected chi connectivity index (χ2v) is 11.1. The van der Waals surface area contributed by atoms with Crippen molar-refractivity contribution in [3.05, 3.63) is 53.6 Å². The zero-order valence-corrected chi connectivity index (χ0v) is 19.3. The Morgan fingerprint density at radius 3 is 2.36 bits per heavy atom. The van der Waals surface area contributed by atoms with Gasteiger partial charge in [0.15, 0.2) is 9.84 Å². The zero-order valence-electron chi connectivity index (χ0n) is 18.5. The minimum atomic E-state index is -3.53. The number of fused-ring (bicyclic) bond motifs is 3. The van der Waals surface area contributed by atoms with E-state index < -0.39 is 21.3 Å². The van der Waals surface area contributed by atoms with Crippen molar-refractivity contribution in [1.29, 1.82) is 10.5 Å². The third kappa shape index (κ3) is 4.78. The number of hydrogen-bond donors (Lipinski definition) is 2. The van der Waals surface area contributed by atoms with Crippen LogP contribution in [0.25, 0.3) is 11.1 Å². The van der Waals surface area contributed by atoms with Crippen molar-refractivity contribution in [2.24, 2.45) is 5.41 Å². The predicted octanol–water partition coefficient (Wildman–Crippen LogP) is 2.71. The second kappa shape index (κ2) is 8.97. The monoisotopic (exact) mass is 462 g/mol. The molecule has 2 saturated heterocycles. The van der Waals surface area contributed by atoms with Crippen LogP contribution in [0, 0.1) is 28.1 Å². The molecule has 1 saturated carbocycles. The summed E-state index contributed by atoms with van der Waals surface area (Å²) in [6, 6.07) is 16.2. The minimum absolute atomic E-state index is 0.00412. The van der Waals surface area contributed by atoms with E-state index in [1.807, 2.05) is 30.3 Å². The predicted molar refractivity (Wildman–Crippen MR) is 124 cm³/mol. The van der Waals surface area contributed by atoms with Crippen LogP contribution in [0.4, 0.5) is 0 Å². The third-order valence-corrected chi connectivity index (χ3v) is 7.98. The summed E-state index contributed by atoms with van der Waals surface area (Å²) in [4.78, 5) is 13.0. The third-order valence-electron chi connectivity index (χ3n) is 6.84. The molecule has 33 heavy (non-hydrogen) atoms. The van der Waals surface area contributed by atoms with E-state index in [0.29, 0.717) is 24.6 Å². The average Bonchev–Trinajstić information content (AvgIpc) is 2.84. The molecule has 1 amide bonds. The van der Waals surface area contributed by atoms with Gasteiger partial charge in [-0.25, -0.2) is 8.42 Å². The number of carbonyl (C=O) groups is 1. The maximum absolute atomic E-state index is 13.0. The number of sulfone groups is 1. The molecule has 3 fully saturated rings. The summed E-state index contributed by atoms with van der Waals surface area (Å²) in [5.41, 5.74) is 2.10. The van der Waals surface area contributed by atoms with Gasteiger partial charge in [-0.1, -0.05) is 30.3 Å². The Morgan fingerprint density at radius 2 is 1.82 bits per heavy atom. The van der Waals surface area contributed by atoms with Gasteiger partial charge in [0.25, 0.3) is 0 Å². The average molecular weight is 463 g/mol. The maximum atomic E-state index is 13.0. The van der Waals surface area contributed by atoms with E-state index in [2.05, 4.69) is 16.7 Å². The van der Waals surface area contributed by atoms with Crippen LogP contribution in [0.5, 0.6) is 0 Å². The Bertz CT molecular complexity index is 1230. The van der Waals surface area contributed by atoms with Crippen molar-refractivity contribution in [3.63, 3.8) is 0 Å². The van der Waals surface area contributed by atoms with E-state index in [0.717, 1.165) is 43.1 Å². The summed E-state index contributed by atoms with van der Waals surface area (Å²) in [5, 5.41) is 25.2. The molecule has 2 heterocycles. The maximum Gasteiger partial charge on any atom is 0.228 e. The summed E-state index contributed by atoms with van der Waals surface area (Å²) >= 11 is 0. The van der Waals surface area contributed by atoms with Gasteiger partial charge in [0, 0.05) is 25.3 Å². The van der Waals surface area contributed by atoms with E-state index in [9.17, 15) is 23.7 Å². The topological polar surface area (TPSA) is 123 Å². The van der Waals surface area contributed by atoms with Crippen LogP contribution in [0.3, 0.4) is 0 Å². The molecule has 8 heteroatoms. The lowest BCUT2D eigenvalue weighted by Gasteiger charge is -2.46. The molecule has 3 aliphatic rings. The molecule has 0 spiro atoms. The Morgan fingerprint density at radius 1 is 1.15 bits per heavy atom. The summed E-state index contributed by atoms with van der Waals surface area (Å²) in [6.07, 6.45) is 5.20. The van der Waals surface area contributed by atoms with E-state index in [1.54, 1.807) is 6.07 Å². The van der Waals surface area contributed by atoms with Gasteiger partial charge in [0.1, 0.15) is 12.1 Å². The number of nitriles is 2. The standard InChI is InChI=1S/C25H26N4O3S/c1-33(31,32)23-13-19(6-7-20(23)14-26)18-4-2-17(3-5-18)12-22(15-27)29-24(30)25-10-8-21(9-11-25)28-16-25/h2-7,13,21-22,28H,8-12,16H2,1H3,(H,29,30)/t21?,22-,25?/m0/s1. The van der Waals surface area contributed by atoms with Crippen LogP contribution in [0.2, 0.25) is 0 Å². The number of benzene rings is 2. The number of carbonyl (C=O) groups excluding carboxylic acids is 1. The lowest BCUT2D eigenvalue weighted by molar-refractivity contribution is -0.135. The molecule has 2 aromatic rings. The van der Waals surface area contributed by atoms with Crippen LogP contribution in [0.1, 0.15) is 36.8 Å². The molecule has 2 aromatic carbocycles. The van der Waals surface area contributed by atoms with Crippen molar-refractivity contribution >= 4 is 15.7 Å². The van der Waals surface area contributed by atoms with Gasteiger partial charge in [0.05, 0.1) is 21.9 Å². The molecule has 7 nitrogen and oxygen atoms in total. The molecule has 2 aliphatic heterocycles. The van der Waals surface area contributed by atoms with Gasteiger partial charge in [-0.2, -0.15) is 10.5 Å². The van der Waals surface area contributed by atoms with Crippen molar-refractivity contribution in [2.75, 3.05) is 12.8 Å². The molecule has 0 radical (unpaired) electrons. The second-order valence-electron chi connectivity index (χ2n) is 9.09. The number of piperidine rings is 2. The number of amides is 1. The van der Waals surface area contributed by atoms with Crippen LogP contribution in [0.15, 0.2) is 47.4 Å². The molecule has 1 aliphatic carbocycles. The molecule has 1 atom stereocenters. The summed E-state index contributed by atoms with van der Waals surface area (Å²) in [6.45, 7) is 0.677. The van der Waals surface area contributed by atoms with Gasteiger partial charge in [-0.05, 0) is 54.5 Å². The Balaban J connectivity index is 1.46. The SMILES string of the molecule is CS(=O)(=O)c1cc(-c2ccc(C[C@@H](C#N)NC(=O)C34CCC(CC3)NC4)cc2)ccc1C#N. The summed E-state index contributed by atoms with van der Waals surface area (Å²) in [5.74, 6) is -0.0396. The fourth-order valence-electron chi connectivity index (χ4n) is 4.81. The fourth-order valence-corrected chi connectivity index (χ4v) is 5.66. The van der Waals surface area contributed by atoms with Gasteiger partial charge < -0.3 is 10.6 Å². The number of nitrogens with one attached hydrogen (secondary N) is 2. The molecular formula is C25H26N4O3S. The fraction of sp³-hybridized carbons (Fsp3) is 0.400. The first kappa shape index (κ1) is 23.0. The van der Waals surface area contributed by atoms with E-state index in [-0.39, 0.29) is 16.4 Å². The van der Waals surface area contributed by atoms with E-state index in [4.69, 9.17) is 0 Å². The van der Waals surface area contributed by atoms with Crippen molar-refractivity contribution in [3.8, 4) is 23.3 Å². The van der Waals surface area contributed by atoms with Gasteiger partial charge in [0.2, 0.25) is 5.91 Å². The minimum Gasteiger partial charge on any atom is -0.340 e. The highest BCUT2D eigenvalue weighted by atomic mass is 32.2. The van der Waals surface area contributed by atoms with Crippen LogP contribution in [-0.4, -0.2) is 39.2 Å². The quantitative estimate of drug-likeness (QED) is 0.680. The first-order chi connectivity index (χ1) is 15.7. The highest BCUT2D eigenvalue weighted by Gasteiger charge is 2.46. The van der Waals surface area contributed by atoms with Crippen molar-refractivity contribution in [2.45, 2.75) is 49.1 Å². The van der Waals surface area contributed by atoms with Gasteiger partial charge in [-0.15, -0.1) is 0 Å². The Labute approximate surface area is 194 Å². The lowest BCUT2D eigenvalue weighted by atomic mass is 9.68. The lowest BCUT2D eigenvalue weighted by Crippen LogP contribution is -2.59. The normalized spacial score (nSPS) is 22.7. The highest BCUT2D eigenvalue weighted by Crippen LogP contribution is 2.40. The molecule has 2 bridgehead atoms. The van der Waals surface area contributed by atoms with Crippen LogP contribution < -0.4 is 10.6 Å². The Hall–Kier alpha value is -3.20. The van der Waals surface area contributed by atoms with Crippen LogP contribution >= 0.6 is 0 Å². The highest BCUT2D eigenvalue weighted by molar-refractivity contribution is 7.90. The summed E-state index contributed by atoms with van der Waals surface area (Å²) in [7, 11) is -3.53. The zero-order chi connectivity index (χ0) is 23.6. The number of rotatable bonds is 6. The largest absolute Gasteiger partial charge is 0.340 e.